The van der Waals surface area contributed by atoms with Crippen molar-refractivity contribution in [3.05, 3.63) is 130 Å². The van der Waals surface area contributed by atoms with Crippen molar-refractivity contribution in [2.75, 3.05) is 22.9 Å². The second kappa shape index (κ2) is 11.7. The third-order valence-electron chi connectivity index (χ3n) is 16.3. The Labute approximate surface area is 321 Å². The van der Waals surface area contributed by atoms with Gasteiger partial charge in [-0.1, -0.05) is 48.5 Å². The van der Waals surface area contributed by atoms with Gasteiger partial charge in [-0.15, -0.1) is 0 Å². The highest BCUT2D eigenvalue weighted by atomic mass is 16.2. The van der Waals surface area contributed by atoms with Gasteiger partial charge in [0.2, 0.25) is 0 Å². The first kappa shape index (κ1) is 33.2. The quantitative estimate of drug-likeness (QED) is 0.207. The van der Waals surface area contributed by atoms with Crippen LogP contribution in [-0.2, 0) is 21.7 Å². The molecule has 276 valence electrons. The number of carbonyl (C=O) groups excluding carboxylic acids is 2. The smallest absolute Gasteiger partial charge is 0.258 e. The largest absolute Gasteiger partial charge is 0.309 e. The molecule has 0 aromatic heterocycles. The second-order valence-corrected chi connectivity index (χ2v) is 19.4. The molecule has 0 radical (unpaired) electrons. The van der Waals surface area contributed by atoms with E-state index in [0.717, 1.165) is 46.2 Å². The van der Waals surface area contributed by atoms with Crippen molar-refractivity contribution in [1.29, 1.82) is 0 Å². The maximum absolute atomic E-state index is 14.2. The Kier molecular flexibility index (Phi) is 7.17. The van der Waals surface area contributed by atoms with Gasteiger partial charge in [0.05, 0.1) is 0 Å². The molecular formula is C50H54N2O2. The van der Waals surface area contributed by atoms with Crippen molar-refractivity contribution in [3.63, 3.8) is 0 Å². The van der Waals surface area contributed by atoms with E-state index in [0.29, 0.717) is 13.1 Å². The highest BCUT2D eigenvalue weighted by molar-refractivity contribution is 6.06. The van der Waals surface area contributed by atoms with Crippen LogP contribution < -0.4 is 9.80 Å². The second-order valence-electron chi connectivity index (χ2n) is 19.4. The lowest BCUT2D eigenvalue weighted by Gasteiger charge is -2.63. The molecule has 4 nitrogen and oxygen atoms in total. The fourth-order valence-corrected chi connectivity index (χ4v) is 15.0. The van der Waals surface area contributed by atoms with E-state index in [-0.39, 0.29) is 33.5 Å². The normalized spacial score (nSPS) is 35.9. The first-order chi connectivity index (χ1) is 26.2. The Balaban J connectivity index is 1.02. The number of rotatable bonds is 2. The topological polar surface area (TPSA) is 40.6 Å². The minimum Gasteiger partial charge on any atom is -0.309 e. The van der Waals surface area contributed by atoms with E-state index in [1.54, 1.807) is 0 Å². The van der Waals surface area contributed by atoms with Crippen LogP contribution >= 0.6 is 0 Å². The van der Waals surface area contributed by atoms with Gasteiger partial charge < -0.3 is 9.80 Å². The SMILES string of the molecule is CCN1C(=O)c2ccc(cc2)C23CC4CC(C2)CC(C4)(C3)c2ccc(cc2)N(CC)C(=O)c2ccc(cc2)C23CC4CC(C2)CC(C4)(C3)c2ccc1cc2. The Bertz CT molecular complexity index is 1950. The van der Waals surface area contributed by atoms with Gasteiger partial charge in [-0.2, -0.15) is 0 Å². The summed E-state index contributed by atoms with van der Waals surface area (Å²) in [7, 11) is 0. The summed E-state index contributed by atoms with van der Waals surface area (Å²) < 4.78 is 0. The van der Waals surface area contributed by atoms with Gasteiger partial charge in [0, 0.05) is 35.6 Å². The lowest BCUT2D eigenvalue weighted by Crippen LogP contribution is -2.56. The van der Waals surface area contributed by atoms with E-state index in [1.165, 1.54) is 99.3 Å². The van der Waals surface area contributed by atoms with Crippen LogP contribution in [0.1, 0.15) is 134 Å². The molecule has 54 heavy (non-hydrogen) atoms. The van der Waals surface area contributed by atoms with Crippen LogP contribution in [0.4, 0.5) is 11.4 Å². The average molecular weight is 715 g/mol. The molecule has 8 fully saturated rings. The van der Waals surface area contributed by atoms with E-state index < -0.39 is 0 Å². The van der Waals surface area contributed by atoms with Gasteiger partial charge >= 0.3 is 0 Å². The van der Waals surface area contributed by atoms with Gasteiger partial charge in [-0.25, -0.2) is 0 Å². The molecule has 15 aliphatic rings. The molecule has 4 aromatic rings. The molecule has 8 aliphatic carbocycles. The number of hydrogen-bond acceptors (Lipinski definition) is 2. The Hall–Kier alpha value is -4.18. The summed E-state index contributed by atoms with van der Waals surface area (Å²) in [5.41, 5.74) is 9.93. The van der Waals surface area contributed by atoms with Gasteiger partial charge in [0.15, 0.2) is 0 Å². The maximum atomic E-state index is 14.2. The van der Waals surface area contributed by atoms with Crippen LogP contribution in [0.2, 0.25) is 0 Å². The molecule has 8 saturated carbocycles. The molecule has 4 aromatic carbocycles. The predicted molar refractivity (Wildman–Crippen MR) is 217 cm³/mol. The fourth-order valence-electron chi connectivity index (χ4n) is 15.0. The highest BCUT2D eigenvalue weighted by Gasteiger charge is 2.60. The summed E-state index contributed by atoms with van der Waals surface area (Å²) in [6.45, 7) is 5.48. The summed E-state index contributed by atoms with van der Waals surface area (Å²) in [6.07, 6.45) is 15.1. The summed E-state index contributed by atoms with van der Waals surface area (Å²) in [5.74, 6) is 3.13. The fraction of sp³-hybridized carbons (Fsp3) is 0.480. The number of anilines is 2. The van der Waals surface area contributed by atoms with Crippen LogP contribution in [0.15, 0.2) is 97.1 Å². The van der Waals surface area contributed by atoms with Crippen LogP contribution in [0.25, 0.3) is 0 Å². The molecule has 0 saturated heterocycles. The minimum absolute atomic E-state index is 0.0946. The van der Waals surface area contributed by atoms with Crippen molar-refractivity contribution in [3.8, 4) is 0 Å². The van der Waals surface area contributed by atoms with Gasteiger partial charge in [-0.05, 0) is 207 Å². The van der Waals surface area contributed by atoms with Crippen molar-refractivity contribution >= 4 is 23.2 Å². The lowest BCUT2D eigenvalue weighted by atomic mass is 9.41. The first-order valence-corrected chi connectivity index (χ1v) is 21.3. The summed E-state index contributed by atoms with van der Waals surface area (Å²) >= 11 is 0. The van der Waals surface area contributed by atoms with Crippen LogP contribution in [0.5, 0.6) is 0 Å². The molecule has 4 heteroatoms. The van der Waals surface area contributed by atoms with Crippen molar-refractivity contribution in [2.45, 2.75) is 113 Å². The van der Waals surface area contributed by atoms with E-state index in [2.05, 4.69) is 111 Å². The van der Waals surface area contributed by atoms with Crippen LogP contribution in [-0.4, -0.2) is 24.9 Å². The predicted octanol–water partition coefficient (Wildman–Crippen LogP) is 10.9. The number of nitrogens with zero attached hydrogens (tertiary/aromatic N) is 2. The number of hydrogen-bond donors (Lipinski definition) is 0. The summed E-state index contributed by atoms with van der Waals surface area (Å²) in [6, 6.07) is 36.0. The van der Waals surface area contributed by atoms with E-state index in [4.69, 9.17) is 0 Å². The molecule has 7 aliphatic heterocycles. The molecule has 0 N–H and O–H groups in total. The number of carbonyl (C=O) groups is 2. The molecule has 19 rings (SSSR count). The summed E-state index contributed by atoms with van der Waals surface area (Å²) in [5, 5.41) is 0. The van der Waals surface area contributed by atoms with Crippen molar-refractivity contribution in [2.24, 2.45) is 23.7 Å². The maximum Gasteiger partial charge on any atom is 0.258 e. The van der Waals surface area contributed by atoms with E-state index in [9.17, 15) is 9.59 Å². The summed E-state index contributed by atoms with van der Waals surface area (Å²) in [4.78, 5) is 32.3. The molecule has 4 spiro atoms. The van der Waals surface area contributed by atoms with Crippen molar-refractivity contribution < 1.29 is 9.59 Å². The standard InChI is InChI=1S/C50H54N2O2/c1-3-51-43-17-13-41(14-18-43)49-27-33-21-34(28-49)26-48(25-33,31-49)40-11-7-38(8-12-40)46(54)52(4-2)44-19-15-42(16-20-44)50-29-35-22-36(30-50)24-47(23-35,32-50)39-9-5-37(6-10-39)45(51)53/h5-20,33-36H,3-4,21-32H2,1-2H3. The van der Waals surface area contributed by atoms with E-state index in [1.807, 2.05) is 9.80 Å². The zero-order valence-corrected chi connectivity index (χ0v) is 32.2. The Morgan fingerprint density at radius 1 is 0.426 bits per heavy atom. The van der Waals surface area contributed by atoms with E-state index >= 15 is 0 Å². The third-order valence-corrected chi connectivity index (χ3v) is 16.3. The minimum atomic E-state index is 0.0946. The number of amides is 2. The zero-order valence-electron chi connectivity index (χ0n) is 32.2. The monoisotopic (exact) mass is 714 g/mol. The highest BCUT2D eigenvalue weighted by Crippen LogP contribution is 2.67. The average Bonchev–Trinajstić information content (AvgIpc) is 3.18. The molecule has 16 bridgehead atoms. The molecule has 4 atom stereocenters. The lowest BCUT2D eigenvalue weighted by molar-refractivity contribution is -0.0283. The first-order valence-electron chi connectivity index (χ1n) is 21.3. The van der Waals surface area contributed by atoms with Gasteiger partial charge in [0.1, 0.15) is 0 Å². The van der Waals surface area contributed by atoms with Crippen molar-refractivity contribution in [1.82, 2.24) is 0 Å². The van der Waals surface area contributed by atoms with Crippen LogP contribution in [0.3, 0.4) is 0 Å². The number of benzene rings is 4. The Morgan fingerprint density at radius 2 is 0.685 bits per heavy atom. The molecule has 2 amide bonds. The van der Waals surface area contributed by atoms with Gasteiger partial charge in [-0.3, -0.25) is 9.59 Å². The molecular weight excluding hydrogens is 661 g/mol. The third kappa shape index (κ3) is 4.80. The van der Waals surface area contributed by atoms with Gasteiger partial charge in [0.25, 0.3) is 11.8 Å². The Morgan fingerprint density at radius 3 is 0.944 bits per heavy atom. The molecule has 7 heterocycles. The molecule has 4 unspecified atom stereocenters. The zero-order chi connectivity index (χ0) is 36.5. The van der Waals surface area contributed by atoms with Crippen LogP contribution in [0, 0.1) is 23.7 Å².